The van der Waals surface area contributed by atoms with Gasteiger partial charge in [-0.3, -0.25) is 0 Å². The summed E-state index contributed by atoms with van der Waals surface area (Å²) in [6.07, 6.45) is 0.836. The van der Waals surface area contributed by atoms with Gasteiger partial charge in [0.1, 0.15) is 5.75 Å². The number of hydrogen-bond acceptors (Lipinski definition) is 3. The van der Waals surface area contributed by atoms with Crippen molar-refractivity contribution in [3.05, 3.63) is 34.9 Å². The maximum atomic E-state index is 12.4. The van der Waals surface area contributed by atoms with Gasteiger partial charge in [0.05, 0.1) is 21.6 Å². The SMILES string of the molecule is CCCN=S(=O)(CC#N)Cc1ccc(Cl)cc1. The molecule has 0 aliphatic heterocycles. The molecule has 1 atom stereocenters. The Kier molecular flexibility index (Phi) is 5.46. The van der Waals surface area contributed by atoms with Crippen molar-refractivity contribution in [2.75, 3.05) is 12.3 Å². The third kappa shape index (κ3) is 4.76. The van der Waals surface area contributed by atoms with Gasteiger partial charge < -0.3 is 0 Å². The molecule has 1 aromatic carbocycles. The molecule has 0 aromatic heterocycles. The molecule has 0 spiro atoms. The number of hydrogen-bond donors (Lipinski definition) is 0. The van der Waals surface area contributed by atoms with Gasteiger partial charge in [-0.2, -0.15) is 5.26 Å². The van der Waals surface area contributed by atoms with E-state index in [1.807, 2.05) is 25.1 Å². The van der Waals surface area contributed by atoms with E-state index in [2.05, 4.69) is 4.36 Å². The standard InChI is InChI=1S/C12H15ClN2OS/c1-2-8-15-17(16,9-7-14)10-11-3-5-12(13)6-4-11/h3-6H,2,8-10H2,1H3. The van der Waals surface area contributed by atoms with Crippen LogP contribution in [0.15, 0.2) is 28.6 Å². The Balaban J connectivity index is 2.91. The molecule has 0 fully saturated rings. The second kappa shape index (κ2) is 6.63. The maximum Gasteiger partial charge on any atom is 0.119 e. The molecule has 0 saturated carbocycles. The largest absolute Gasteiger partial charge is 0.248 e. The van der Waals surface area contributed by atoms with E-state index in [4.69, 9.17) is 16.9 Å². The minimum Gasteiger partial charge on any atom is -0.248 e. The lowest BCUT2D eigenvalue weighted by Gasteiger charge is -2.06. The first-order chi connectivity index (χ1) is 8.09. The number of benzene rings is 1. The third-order valence-corrected chi connectivity index (χ3v) is 4.42. The van der Waals surface area contributed by atoms with Crippen LogP contribution in [0, 0.1) is 11.3 Å². The molecule has 0 aliphatic rings. The van der Waals surface area contributed by atoms with E-state index in [-0.39, 0.29) is 5.75 Å². The fourth-order valence-corrected chi connectivity index (χ4v) is 3.18. The Morgan fingerprint density at radius 3 is 2.59 bits per heavy atom. The summed E-state index contributed by atoms with van der Waals surface area (Å²) in [4.78, 5) is 0. The Bertz CT molecular complexity index is 510. The first-order valence-electron chi connectivity index (χ1n) is 5.39. The molecule has 0 N–H and O–H groups in total. The quantitative estimate of drug-likeness (QED) is 0.825. The summed E-state index contributed by atoms with van der Waals surface area (Å²) < 4.78 is 16.5. The molecular formula is C12H15ClN2OS. The van der Waals surface area contributed by atoms with Gasteiger partial charge in [-0.1, -0.05) is 30.7 Å². The summed E-state index contributed by atoms with van der Waals surface area (Å²) in [7, 11) is -2.45. The topological polar surface area (TPSA) is 53.2 Å². The Labute approximate surface area is 108 Å². The zero-order valence-electron chi connectivity index (χ0n) is 9.73. The number of nitrogens with zero attached hydrogens (tertiary/aromatic N) is 2. The van der Waals surface area contributed by atoms with Gasteiger partial charge in [0.25, 0.3) is 0 Å². The summed E-state index contributed by atoms with van der Waals surface area (Å²) >= 11 is 5.78. The smallest absolute Gasteiger partial charge is 0.119 e. The summed E-state index contributed by atoms with van der Waals surface area (Å²) in [6.45, 7) is 2.51. The zero-order chi connectivity index (χ0) is 12.7. The third-order valence-electron chi connectivity index (χ3n) is 2.15. The highest BCUT2D eigenvalue weighted by atomic mass is 35.5. The van der Waals surface area contributed by atoms with Crippen LogP contribution in [0.4, 0.5) is 0 Å². The molecule has 17 heavy (non-hydrogen) atoms. The van der Waals surface area contributed by atoms with Gasteiger partial charge in [-0.25, -0.2) is 8.57 Å². The predicted molar refractivity (Wildman–Crippen MR) is 71.4 cm³/mol. The average Bonchev–Trinajstić information content (AvgIpc) is 2.30. The molecule has 3 nitrogen and oxygen atoms in total. The van der Waals surface area contributed by atoms with Crippen LogP contribution in [0.1, 0.15) is 18.9 Å². The van der Waals surface area contributed by atoms with E-state index in [1.165, 1.54) is 0 Å². The summed E-state index contributed by atoms with van der Waals surface area (Å²) in [5.41, 5.74) is 0.898. The minimum atomic E-state index is -2.45. The van der Waals surface area contributed by atoms with E-state index in [1.54, 1.807) is 12.1 Å². The molecule has 0 radical (unpaired) electrons. The van der Waals surface area contributed by atoms with Gasteiger partial charge in [0.2, 0.25) is 0 Å². The lowest BCUT2D eigenvalue weighted by molar-refractivity contribution is 0.675. The Morgan fingerprint density at radius 2 is 2.06 bits per heavy atom. The van der Waals surface area contributed by atoms with Crippen LogP contribution in [0.5, 0.6) is 0 Å². The molecule has 0 saturated heterocycles. The molecule has 1 aromatic rings. The first kappa shape index (κ1) is 14.0. The predicted octanol–water partition coefficient (Wildman–Crippen LogP) is 3.24. The number of nitriles is 1. The first-order valence-corrected chi connectivity index (χ1v) is 7.62. The van der Waals surface area contributed by atoms with Crippen molar-refractivity contribution in [3.8, 4) is 6.07 Å². The van der Waals surface area contributed by atoms with Gasteiger partial charge in [-0.15, -0.1) is 0 Å². The normalized spacial score (nSPS) is 13.7. The van der Waals surface area contributed by atoms with E-state index < -0.39 is 9.73 Å². The van der Waals surface area contributed by atoms with Crippen molar-refractivity contribution in [3.63, 3.8) is 0 Å². The van der Waals surface area contributed by atoms with Gasteiger partial charge in [0, 0.05) is 11.6 Å². The zero-order valence-corrected chi connectivity index (χ0v) is 11.3. The summed E-state index contributed by atoms with van der Waals surface area (Å²) in [5, 5.41) is 9.36. The molecule has 1 unspecified atom stereocenters. The monoisotopic (exact) mass is 270 g/mol. The second-order valence-corrected chi connectivity index (χ2v) is 6.52. The average molecular weight is 271 g/mol. The van der Waals surface area contributed by atoms with E-state index in [9.17, 15) is 4.21 Å². The highest BCUT2D eigenvalue weighted by Gasteiger charge is 2.09. The Morgan fingerprint density at radius 1 is 1.41 bits per heavy atom. The van der Waals surface area contributed by atoms with Gasteiger partial charge >= 0.3 is 0 Å². The van der Waals surface area contributed by atoms with Crippen molar-refractivity contribution in [2.45, 2.75) is 19.1 Å². The maximum absolute atomic E-state index is 12.4. The summed E-state index contributed by atoms with van der Waals surface area (Å²) in [5.74, 6) is 0.299. The van der Waals surface area contributed by atoms with Gasteiger partial charge in [-0.05, 0) is 24.1 Å². The van der Waals surface area contributed by atoms with Crippen molar-refractivity contribution >= 4 is 21.3 Å². The highest BCUT2D eigenvalue weighted by Crippen LogP contribution is 2.13. The molecule has 92 valence electrons. The van der Waals surface area contributed by atoms with Gasteiger partial charge in [0.15, 0.2) is 0 Å². The van der Waals surface area contributed by atoms with Crippen LogP contribution in [0.2, 0.25) is 5.02 Å². The molecule has 0 aliphatic carbocycles. The number of rotatable bonds is 5. The number of halogens is 1. The molecule has 0 heterocycles. The van der Waals surface area contributed by atoms with Crippen molar-refractivity contribution in [1.82, 2.24) is 0 Å². The van der Waals surface area contributed by atoms with Crippen molar-refractivity contribution < 1.29 is 4.21 Å². The molecule has 0 bridgehead atoms. The lowest BCUT2D eigenvalue weighted by Crippen LogP contribution is -2.08. The van der Waals surface area contributed by atoms with E-state index >= 15 is 0 Å². The molecule has 0 amide bonds. The van der Waals surface area contributed by atoms with E-state index in [0.29, 0.717) is 17.3 Å². The van der Waals surface area contributed by atoms with E-state index in [0.717, 1.165) is 12.0 Å². The van der Waals surface area contributed by atoms with Crippen LogP contribution >= 0.6 is 11.6 Å². The Hall–Kier alpha value is -1.05. The van der Waals surface area contributed by atoms with Crippen LogP contribution in [0.3, 0.4) is 0 Å². The molecular weight excluding hydrogens is 256 g/mol. The van der Waals surface area contributed by atoms with Crippen LogP contribution in [-0.4, -0.2) is 16.5 Å². The van der Waals surface area contributed by atoms with Crippen LogP contribution in [-0.2, 0) is 15.5 Å². The molecule has 1 rings (SSSR count). The lowest BCUT2D eigenvalue weighted by atomic mass is 10.2. The minimum absolute atomic E-state index is 0.0182. The summed E-state index contributed by atoms with van der Waals surface area (Å²) in [6, 6.07) is 9.10. The van der Waals surface area contributed by atoms with Crippen LogP contribution < -0.4 is 0 Å². The van der Waals surface area contributed by atoms with Crippen molar-refractivity contribution in [1.29, 1.82) is 5.26 Å². The highest BCUT2D eigenvalue weighted by molar-refractivity contribution is 7.93. The van der Waals surface area contributed by atoms with Crippen molar-refractivity contribution in [2.24, 2.45) is 4.36 Å². The molecule has 5 heteroatoms. The fraction of sp³-hybridized carbons (Fsp3) is 0.417. The second-order valence-electron chi connectivity index (χ2n) is 3.70. The fourth-order valence-electron chi connectivity index (χ4n) is 1.34. The van der Waals surface area contributed by atoms with Crippen LogP contribution in [0.25, 0.3) is 0 Å².